The van der Waals surface area contributed by atoms with Crippen molar-refractivity contribution in [1.29, 1.82) is 0 Å². The number of halogens is 1. The fourth-order valence-electron chi connectivity index (χ4n) is 7.96. The average Bonchev–Trinajstić information content (AvgIpc) is 3.68. The second kappa shape index (κ2) is 15.5. The number of nitrogens with one attached hydrogen (secondary N) is 1. The summed E-state index contributed by atoms with van der Waals surface area (Å²) in [5.74, 6) is -1.33. The molecule has 0 unspecified atom stereocenters. The van der Waals surface area contributed by atoms with Crippen molar-refractivity contribution < 1.29 is 33.5 Å². The van der Waals surface area contributed by atoms with Gasteiger partial charge in [-0.05, 0) is 61.1 Å². The molecule has 4 aliphatic rings. The summed E-state index contributed by atoms with van der Waals surface area (Å²) in [5.41, 5.74) is 0.677. The third-order valence-electron chi connectivity index (χ3n) is 11.0. The van der Waals surface area contributed by atoms with Gasteiger partial charge in [0.05, 0.1) is 30.4 Å². The van der Waals surface area contributed by atoms with Crippen LogP contribution >= 0.6 is 11.6 Å². The Kier molecular flexibility index (Phi) is 11.8. The number of ketones is 3. The average molecular weight is 712 g/mol. The van der Waals surface area contributed by atoms with Crippen LogP contribution in [0.3, 0.4) is 0 Å². The SMILES string of the molecule is CCC(=O)C(=O)[C@@H](CC(=O)[C@@H]1C[C@]2(CC(c3cc(Cl)c(OC)cc3C)=NO2)CN1C(=O)[C@@H](NC(=O)CC1CCCCC1)C(C)(C)C)CC1CC1. The Morgan fingerprint density at radius 1 is 1.08 bits per heavy atom. The molecule has 2 saturated carbocycles. The van der Waals surface area contributed by atoms with Gasteiger partial charge >= 0.3 is 0 Å². The highest BCUT2D eigenvalue weighted by molar-refractivity contribution is 6.38. The molecule has 1 aromatic carbocycles. The van der Waals surface area contributed by atoms with Crippen molar-refractivity contribution in [3.05, 3.63) is 28.3 Å². The van der Waals surface area contributed by atoms with E-state index in [4.69, 9.17) is 21.2 Å². The van der Waals surface area contributed by atoms with E-state index < -0.39 is 40.6 Å². The summed E-state index contributed by atoms with van der Waals surface area (Å²) in [6.07, 6.45) is 8.70. The number of likely N-dealkylation sites (tertiary alicyclic amines) is 1. The van der Waals surface area contributed by atoms with Crippen LogP contribution in [0.25, 0.3) is 0 Å². The predicted octanol–water partition coefficient (Wildman–Crippen LogP) is 6.55. The van der Waals surface area contributed by atoms with Crippen LogP contribution in [0.5, 0.6) is 5.75 Å². The van der Waals surface area contributed by atoms with Gasteiger partial charge in [0.2, 0.25) is 17.6 Å². The van der Waals surface area contributed by atoms with Crippen LogP contribution in [-0.2, 0) is 28.8 Å². The van der Waals surface area contributed by atoms with E-state index >= 15 is 0 Å². The molecule has 50 heavy (non-hydrogen) atoms. The molecule has 2 amide bonds. The summed E-state index contributed by atoms with van der Waals surface area (Å²) >= 11 is 6.48. The van der Waals surface area contributed by atoms with Gasteiger partial charge in [0, 0.05) is 43.6 Å². The Labute approximate surface area is 301 Å². The number of carbonyl (C=O) groups is 5. The van der Waals surface area contributed by atoms with Gasteiger partial charge in [0.25, 0.3) is 0 Å². The summed E-state index contributed by atoms with van der Waals surface area (Å²) < 4.78 is 5.38. The lowest BCUT2D eigenvalue weighted by Gasteiger charge is -2.36. The Hall–Kier alpha value is -3.27. The second-order valence-corrected chi connectivity index (χ2v) is 16.6. The van der Waals surface area contributed by atoms with E-state index in [-0.39, 0.29) is 43.4 Å². The normalized spacial score (nSPS) is 23.6. The third kappa shape index (κ3) is 8.78. The van der Waals surface area contributed by atoms with Gasteiger partial charge in [0.15, 0.2) is 17.2 Å². The van der Waals surface area contributed by atoms with Crippen LogP contribution in [0.4, 0.5) is 0 Å². The molecule has 0 bridgehead atoms. The molecule has 1 N–H and O–H groups in total. The minimum absolute atomic E-state index is 0.0817. The summed E-state index contributed by atoms with van der Waals surface area (Å²) in [6, 6.07) is 1.82. The van der Waals surface area contributed by atoms with Gasteiger partial charge in [-0.3, -0.25) is 24.0 Å². The number of nitrogens with zero attached hydrogens (tertiary/aromatic N) is 2. The van der Waals surface area contributed by atoms with Gasteiger partial charge in [0.1, 0.15) is 11.8 Å². The van der Waals surface area contributed by atoms with Crippen molar-refractivity contribution in [3.8, 4) is 5.75 Å². The first-order valence-electron chi connectivity index (χ1n) is 18.4. The van der Waals surface area contributed by atoms with E-state index in [0.29, 0.717) is 47.6 Å². The van der Waals surface area contributed by atoms with Crippen molar-refractivity contribution >= 4 is 46.5 Å². The van der Waals surface area contributed by atoms with Crippen LogP contribution < -0.4 is 10.1 Å². The molecule has 0 radical (unpaired) electrons. The number of hydrogen-bond donors (Lipinski definition) is 1. The van der Waals surface area contributed by atoms with Crippen molar-refractivity contribution in [3.63, 3.8) is 0 Å². The zero-order chi connectivity index (χ0) is 36.4. The van der Waals surface area contributed by atoms with Crippen molar-refractivity contribution in [2.24, 2.45) is 28.3 Å². The topological polar surface area (TPSA) is 131 Å². The van der Waals surface area contributed by atoms with Crippen molar-refractivity contribution in [2.45, 2.75) is 136 Å². The second-order valence-electron chi connectivity index (χ2n) is 16.2. The largest absolute Gasteiger partial charge is 0.495 e. The van der Waals surface area contributed by atoms with E-state index in [9.17, 15) is 24.0 Å². The molecule has 0 aromatic heterocycles. The molecule has 1 aromatic rings. The Balaban J connectivity index is 1.42. The van der Waals surface area contributed by atoms with Crippen LogP contribution in [0.2, 0.25) is 5.02 Å². The first-order chi connectivity index (χ1) is 23.6. The number of methoxy groups -OCH3 is 1. The molecule has 274 valence electrons. The quantitative estimate of drug-likeness (QED) is 0.217. The predicted molar refractivity (Wildman–Crippen MR) is 191 cm³/mol. The fourth-order valence-corrected chi connectivity index (χ4v) is 8.20. The maximum Gasteiger partial charge on any atom is 0.246 e. The van der Waals surface area contributed by atoms with E-state index in [1.807, 2.05) is 33.8 Å². The van der Waals surface area contributed by atoms with E-state index in [1.165, 1.54) is 6.42 Å². The lowest BCUT2D eigenvalue weighted by molar-refractivity contribution is -0.145. The summed E-state index contributed by atoms with van der Waals surface area (Å²) in [6.45, 7) is 9.38. The molecule has 4 atom stereocenters. The fraction of sp³-hybridized carbons (Fsp3) is 0.692. The zero-order valence-electron chi connectivity index (χ0n) is 30.6. The molecule has 3 fully saturated rings. The molecular weight excluding hydrogens is 658 g/mol. The van der Waals surface area contributed by atoms with Gasteiger partial charge < -0.3 is 19.8 Å². The minimum Gasteiger partial charge on any atom is -0.495 e. The summed E-state index contributed by atoms with van der Waals surface area (Å²) in [7, 11) is 1.55. The van der Waals surface area contributed by atoms with E-state index in [0.717, 1.165) is 49.7 Å². The monoisotopic (exact) mass is 711 g/mol. The standard InChI is InChI=1S/C39H54ClN3O7/c1-7-31(44)35(47)26(16-25-13-14-25)18-32(45)30-21-39(20-29(42-50-39)27-19-28(40)33(49-6)15-23(27)2)22-43(30)37(48)36(38(3,4)5)41-34(46)17-24-11-9-8-10-12-24/h15,19,24-26,30,36H,7-14,16-18,20-22H2,1-6H3,(H,41,46)/t26-,30+,36-,39-/m1/s1. The number of amides is 2. The van der Waals surface area contributed by atoms with E-state index in [2.05, 4.69) is 10.5 Å². The Morgan fingerprint density at radius 3 is 2.40 bits per heavy atom. The highest BCUT2D eigenvalue weighted by atomic mass is 35.5. The molecule has 5 rings (SSSR count). The van der Waals surface area contributed by atoms with Gasteiger partial charge in [-0.15, -0.1) is 0 Å². The highest BCUT2D eigenvalue weighted by Crippen LogP contribution is 2.43. The minimum atomic E-state index is -0.992. The number of oxime groups is 1. The van der Waals surface area contributed by atoms with Crippen LogP contribution in [0.15, 0.2) is 17.3 Å². The molecule has 1 saturated heterocycles. The Morgan fingerprint density at radius 2 is 1.78 bits per heavy atom. The maximum atomic E-state index is 14.7. The highest BCUT2D eigenvalue weighted by Gasteiger charge is 2.55. The number of aryl methyl sites for hydroxylation is 1. The number of Topliss-reactive ketones (excluding diaryl/α,β-unsaturated/α-hetero) is 3. The summed E-state index contributed by atoms with van der Waals surface area (Å²) in [4.78, 5) is 75.8. The molecule has 2 heterocycles. The molecule has 2 aliphatic carbocycles. The van der Waals surface area contributed by atoms with E-state index in [1.54, 1.807) is 25.0 Å². The zero-order valence-corrected chi connectivity index (χ0v) is 31.3. The number of rotatable bonds is 14. The molecule has 11 heteroatoms. The van der Waals surface area contributed by atoms with Crippen molar-refractivity contribution in [2.75, 3.05) is 13.7 Å². The van der Waals surface area contributed by atoms with Crippen LogP contribution in [0.1, 0.15) is 122 Å². The molecule has 1 spiro atoms. The number of hydrogen-bond acceptors (Lipinski definition) is 8. The van der Waals surface area contributed by atoms with Crippen LogP contribution in [-0.4, -0.2) is 71.1 Å². The van der Waals surface area contributed by atoms with Crippen LogP contribution in [0, 0.1) is 30.1 Å². The Bertz CT molecular complexity index is 1520. The van der Waals surface area contributed by atoms with Crippen molar-refractivity contribution in [1.82, 2.24) is 10.2 Å². The van der Waals surface area contributed by atoms with Gasteiger partial charge in [-0.1, -0.05) is 76.6 Å². The molecule has 2 aliphatic heterocycles. The first-order valence-corrected chi connectivity index (χ1v) is 18.8. The number of carbonyl (C=O) groups excluding carboxylic acids is 5. The van der Waals surface area contributed by atoms with Gasteiger partial charge in [-0.25, -0.2) is 0 Å². The molecule has 10 nitrogen and oxygen atoms in total. The lowest BCUT2D eigenvalue weighted by Crippen LogP contribution is -2.57. The smallest absolute Gasteiger partial charge is 0.246 e. The number of ether oxygens (including phenoxy) is 1. The van der Waals surface area contributed by atoms with Gasteiger partial charge in [-0.2, -0.15) is 0 Å². The maximum absolute atomic E-state index is 14.7. The third-order valence-corrected chi connectivity index (χ3v) is 11.3. The first kappa shape index (κ1) is 38.0. The molecular formula is C39H54ClN3O7. The lowest BCUT2D eigenvalue weighted by atomic mass is 9.83. The summed E-state index contributed by atoms with van der Waals surface area (Å²) in [5, 5.41) is 7.95. The number of benzene rings is 1.